The minimum atomic E-state index is 0.0908. The molecule has 0 amide bonds. The molecule has 0 aliphatic heterocycles. The van der Waals surface area contributed by atoms with Gasteiger partial charge in [-0.15, -0.1) is 0 Å². The van der Waals surface area contributed by atoms with E-state index in [-0.39, 0.29) is 17.3 Å². The summed E-state index contributed by atoms with van der Waals surface area (Å²) in [6.45, 7) is 20.7. The van der Waals surface area contributed by atoms with Crippen LogP contribution in [-0.2, 0) is 5.41 Å². The van der Waals surface area contributed by atoms with E-state index in [9.17, 15) is 0 Å². The highest BCUT2D eigenvalue weighted by atomic mass is 16.3. The largest absolute Gasteiger partial charge is 0.455 e. The summed E-state index contributed by atoms with van der Waals surface area (Å²) in [5.41, 5.74) is 15.4. The number of hydrogen-bond acceptors (Lipinski definition) is 2. The molecule has 2 heterocycles. The predicted octanol–water partition coefficient (Wildman–Crippen LogP) is 14.7. The maximum absolute atomic E-state index is 6.92. The van der Waals surface area contributed by atoms with Crippen LogP contribution in [0.4, 0.5) is 0 Å². The molecule has 0 saturated heterocycles. The van der Waals surface area contributed by atoms with Crippen molar-refractivity contribution in [3.05, 3.63) is 143 Å². The summed E-state index contributed by atoms with van der Waals surface area (Å²) in [7, 11) is 0. The summed E-state index contributed by atoms with van der Waals surface area (Å²) >= 11 is 0. The zero-order valence-corrected chi connectivity index (χ0v) is 32.9. The Labute approximate surface area is 318 Å². The molecule has 9 rings (SSSR count). The van der Waals surface area contributed by atoms with E-state index in [0.29, 0.717) is 0 Å². The van der Waals surface area contributed by atoms with Crippen molar-refractivity contribution in [2.45, 2.75) is 79.6 Å². The first-order valence-corrected chi connectivity index (χ1v) is 19.4. The van der Waals surface area contributed by atoms with Gasteiger partial charge in [0.05, 0.1) is 22.3 Å². The molecule has 2 aromatic heterocycles. The molecule has 0 aliphatic carbocycles. The van der Waals surface area contributed by atoms with Crippen molar-refractivity contribution in [1.82, 2.24) is 9.55 Å². The highest BCUT2D eigenvalue weighted by Gasteiger charge is 2.26. The summed E-state index contributed by atoms with van der Waals surface area (Å²) in [4.78, 5) is 5.42. The fraction of sp³-hybridized carbons (Fsp3) is 0.235. The quantitative estimate of drug-likeness (QED) is 0.167. The average Bonchev–Trinajstić information content (AvgIpc) is 3.71. The Hall–Kier alpha value is -5.67. The summed E-state index contributed by atoms with van der Waals surface area (Å²) in [6.07, 6.45) is 0. The fourth-order valence-corrected chi connectivity index (χ4v) is 8.72. The van der Waals surface area contributed by atoms with Gasteiger partial charge in [0.25, 0.3) is 0 Å². The third kappa shape index (κ3) is 5.36. The lowest BCUT2D eigenvalue weighted by atomic mass is 9.81. The van der Waals surface area contributed by atoms with Gasteiger partial charge in [0.2, 0.25) is 0 Å². The van der Waals surface area contributed by atoms with Crippen LogP contribution in [0.2, 0.25) is 0 Å². The number of nitrogens with zero attached hydrogens (tertiary/aromatic N) is 2. The Kier molecular flexibility index (Phi) is 7.87. The van der Waals surface area contributed by atoms with Gasteiger partial charge in [-0.2, -0.15) is 0 Å². The van der Waals surface area contributed by atoms with Crippen LogP contribution >= 0.6 is 0 Å². The molecule has 0 spiro atoms. The Morgan fingerprint density at radius 2 is 1.26 bits per heavy atom. The molecule has 0 N–H and O–H groups in total. The van der Waals surface area contributed by atoms with Crippen molar-refractivity contribution in [3.63, 3.8) is 0 Å². The molecule has 0 bridgehead atoms. The van der Waals surface area contributed by atoms with Crippen molar-refractivity contribution < 1.29 is 4.42 Å². The molecule has 3 nitrogen and oxygen atoms in total. The van der Waals surface area contributed by atoms with E-state index in [1.807, 2.05) is 0 Å². The number of fused-ring (bicyclic) bond motifs is 7. The van der Waals surface area contributed by atoms with E-state index in [1.165, 1.54) is 66.2 Å². The van der Waals surface area contributed by atoms with E-state index in [1.54, 1.807) is 0 Å². The standard InChI is InChI=1S/C51H48N2O/c1-29(2)40-26-35(47-31(5)23-36(24-32(47)6)51(7,8)9)27-41(30(3)4)48(40)53-45-20-13-12-19-44(45)52-50(53)39-18-14-17-38-43-25-34-22-21-33-15-10-11-16-37(33)42(34)28-46(43)54-49(38)39/h10-30H,1-9H3. The molecule has 7 aromatic carbocycles. The molecule has 3 heteroatoms. The molecule has 268 valence electrons. The molecular formula is C51H48N2O. The van der Waals surface area contributed by atoms with Gasteiger partial charge in [-0.05, 0) is 134 Å². The minimum Gasteiger partial charge on any atom is -0.455 e. The van der Waals surface area contributed by atoms with Crippen LogP contribution in [0.1, 0.15) is 88.1 Å². The average molecular weight is 705 g/mol. The molecule has 0 aliphatic rings. The van der Waals surface area contributed by atoms with Crippen LogP contribution < -0.4 is 0 Å². The van der Waals surface area contributed by atoms with Crippen LogP contribution in [0.15, 0.2) is 120 Å². The summed E-state index contributed by atoms with van der Waals surface area (Å²) in [5.74, 6) is 1.43. The van der Waals surface area contributed by atoms with Gasteiger partial charge in [0, 0.05) is 10.8 Å². The first-order chi connectivity index (χ1) is 25.9. The molecule has 0 fully saturated rings. The van der Waals surface area contributed by atoms with Gasteiger partial charge in [0.15, 0.2) is 0 Å². The number of benzene rings is 7. The van der Waals surface area contributed by atoms with Gasteiger partial charge in [-0.25, -0.2) is 4.98 Å². The number of imidazole rings is 1. The molecule has 0 unspecified atom stereocenters. The molecule has 54 heavy (non-hydrogen) atoms. The number of rotatable bonds is 5. The first-order valence-electron chi connectivity index (χ1n) is 19.4. The lowest BCUT2D eigenvalue weighted by Gasteiger charge is -2.26. The number of para-hydroxylation sites is 3. The van der Waals surface area contributed by atoms with Crippen molar-refractivity contribution in [3.8, 4) is 28.2 Å². The van der Waals surface area contributed by atoms with Gasteiger partial charge in [-0.1, -0.05) is 121 Å². The molecule has 0 atom stereocenters. The highest BCUT2D eigenvalue weighted by Crippen LogP contribution is 2.44. The van der Waals surface area contributed by atoms with Gasteiger partial charge in [0.1, 0.15) is 17.0 Å². The summed E-state index contributed by atoms with van der Waals surface area (Å²) in [6, 6.07) is 42.3. The lowest BCUT2D eigenvalue weighted by Crippen LogP contribution is -2.12. The maximum atomic E-state index is 6.92. The zero-order chi connectivity index (χ0) is 37.6. The van der Waals surface area contributed by atoms with Gasteiger partial charge in [-0.3, -0.25) is 4.57 Å². The Morgan fingerprint density at radius 1 is 0.611 bits per heavy atom. The highest BCUT2D eigenvalue weighted by molar-refractivity contribution is 6.17. The van der Waals surface area contributed by atoms with Crippen molar-refractivity contribution in [2.24, 2.45) is 0 Å². The van der Waals surface area contributed by atoms with Gasteiger partial charge < -0.3 is 4.42 Å². The van der Waals surface area contributed by atoms with E-state index in [4.69, 9.17) is 9.40 Å². The van der Waals surface area contributed by atoms with E-state index in [2.05, 4.69) is 182 Å². The second-order valence-electron chi connectivity index (χ2n) is 16.9. The first kappa shape index (κ1) is 34.1. The van der Waals surface area contributed by atoms with Crippen LogP contribution in [0.25, 0.3) is 82.7 Å². The van der Waals surface area contributed by atoms with Crippen molar-refractivity contribution >= 4 is 54.5 Å². The second kappa shape index (κ2) is 12.5. The summed E-state index contributed by atoms with van der Waals surface area (Å²) in [5, 5.41) is 7.11. The minimum absolute atomic E-state index is 0.0908. The Bertz CT molecular complexity index is 2890. The Morgan fingerprint density at radius 3 is 1.96 bits per heavy atom. The van der Waals surface area contributed by atoms with E-state index < -0.39 is 0 Å². The lowest BCUT2D eigenvalue weighted by molar-refractivity contribution is 0.589. The fourth-order valence-electron chi connectivity index (χ4n) is 8.72. The van der Waals surface area contributed by atoms with Crippen LogP contribution in [0, 0.1) is 13.8 Å². The molecule has 9 aromatic rings. The van der Waals surface area contributed by atoms with Crippen LogP contribution in [0.3, 0.4) is 0 Å². The normalized spacial score (nSPS) is 12.5. The Balaban J connectivity index is 1.32. The predicted molar refractivity (Wildman–Crippen MR) is 231 cm³/mol. The van der Waals surface area contributed by atoms with E-state index in [0.717, 1.165) is 44.4 Å². The second-order valence-corrected chi connectivity index (χ2v) is 16.9. The summed E-state index contributed by atoms with van der Waals surface area (Å²) < 4.78 is 9.35. The monoisotopic (exact) mass is 704 g/mol. The smallest absolute Gasteiger partial charge is 0.149 e. The maximum Gasteiger partial charge on any atom is 0.149 e. The van der Waals surface area contributed by atoms with Crippen LogP contribution in [-0.4, -0.2) is 9.55 Å². The number of aromatic nitrogens is 2. The zero-order valence-electron chi connectivity index (χ0n) is 32.9. The number of hydrogen-bond donors (Lipinski definition) is 0. The molecule has 0 saturated carbocycles. The van der Waals surface area contributed by atoms with Gasteiger partial charge >= 0.3 is 0 Å². The molecule has 0 radical (unpaired) electrons. The van der Waals surface area contributed by atoms with Crippen molar-refractivity contribution in [1.29, 1.82) is 0 Å². The van der Waals surface area contributed by atoms with Crippen molar-refractivity contribution in [2.75, 3.05) is 0 Å². The third-order valence-electron chi connectivity index (χ3n) is 11.5. The number of furan rings is 1. The topological polar surface area (TPSA) is 31.0 Å². The SMILES string of the molecule is Cc1cc(C(C)(C)C)cc(C)c1-c1cc(C(C)C)c(-n2c(-c3cccc4c3oc3cc5c(ccc6ccccc65)cc34)nc3ccccc32)c(C(C)C)c1. The molecular weight excluding hydrogens is 657 g/mol. The van der Waals surface area contributed by atoms with E-state index >= 15 is 0 Å². The third-order valence-corrected chi connectivity index (χ3v) is 11.5. The van der Waals surface area contributed by atoms with Crippen LogP contribution in [0.5, 0.6) is 0 Å². The number of aryl methyl sites for hydroxylation is 2.